The van der Waals surface area contributed by atoms with Gasteiger partial charge in [-0.3, -0.25) is 4.79 Å². The zero-order valence-corrected chi connectivity index (χ0v) is 15.5. The first kappa shape index (κ1) is 17.4. The molecule has 0 saturated heterocycles. The molecule has 0 radical (unpaired) electrons. The van der Waals surface area contributed by atoms with Crippen LogP contribution >= 0.6 is 0 Å². The van der Waals surface area contributed by atoms with Crippen molar-refractivity contribution in [3.05, 3.63) is 71.0 Å². The van der Waals surface area contributed by atoms with E-state index in [9.17, 15) is 9.90 Å². The second kappa shape index (κ2) is 6.93. The number of hydrogen-bond acceptors (Lipinski definition) is 3. The lowest BCUT2D eigenvalue weighted by molar-refractivity contribution is 0.102. The van der Waals surface area contributed by atoms with Gasteiger partial charge in [0, 0.05) is 36.7 Å². The van der Waals surface area contributed by atoms with Gasteiger partial charge in [-0.15, -0.1) is 0 Å². The number of nitrogens with zero attached hydrogens (tertiary/aromatic N) is 1. The molecule has 0 unspecified atom stereocenters. The van der Waals surface area contributed by atoms with Gasteiger partial charge in [0.2, 0.25) is 0 Å². The third kappa shape index (κ3) is 3.34. The fourth-order valence-corrected chi connectivity index (χ4v) is 3.61. The van der Waals surface area contributed by atoms with E-state index in [1.165, 1.54) is 11.1 Å². The van der Waals surface area contributed by atoms with Crippen LogP contribution in [0.3, 0.4) is 0 Å². The first-order chi connectivity index (χ1) is 13.0. The standard InChI is InChI=1S/C22H23N3O2/c1-14-21(22(27)24-18-5-7-19(26)8-6-18)20(13-25(14)2)16-3-4-17-12-23-10-9-15(17)11-16/h3-8,11,13,23,26H,9-10,12H2,1-2H3,(H,24,27). The third-order valence-electron chi connectivity index (χ3n) is 5.24. The third-order valence-corrected chi connectivity index (χ3v) is 5.24. The summed E-state index contributed by atoms with van der Waals surface area (Å²) in [7, 11) is 1.96. The van der Waals surface area contributed by atoms with E-state index < -0.39 is 0 Å². The van der Waals surface area contributed by atoms with Crippen molar-refractivity contribution in [3.8, 4) is 16.9 Å². The number of aromatic hydroxyl groups is 1. The average molecular weight is 361 g/mol. The first-order valence-corrected chi connectivity index (χ1v) is 9.12. The van der Waals surface area contributed by atoms with Crippen LogP contribution in [0.4, 0.5) is 5.69 Å². The molecular weight excluding hydrogens is 338 g/mol. The second-order valence-electron chi connectivity index (χ2n) is 7.03. The highest BCUT2D eigenvalue weighted by molar-refractivity contribution is 6.09. The van der Waals surface area contributed by atoms with E-state index in [1.54, 1.807) is 24.3 Å². The first-order valence-electron chi connectivity index (χ1n) is 9.12. The van der Waals surface area contributed by atoms with Crippen LogP contribution in [0.2, 0.25) is 0 Å². The van der Waals surface area contributed by atoms with Crippen molar-refractivity contribution < 1.29 is 9.90 Å². The van der Waals surface area contributed by atoms with Crippen molar-refractivity contribution in [2.45, 2.75) is 19.9 Å². The maximum Gasteiger partial charge on any atom is 0.258 e. The van der Waals surface area contributed by atoms with Crippen molar-refractivity contribution in [1.29, 1.82) is 0 Å². The predicted octanol–water partition coefficient (Wildman–Crippen LogP) is 3.60. The van der Waals surface area contributed by atoms with E-state index in [1.807, 2.05) is 24.7 Å². The van der Waals surface area contributed by atoms with Crippen LogP contribution in [0.1, 0.15) is 27.2 Å². The highest BCUT2D eigenvalue weighted by atomic mass is 16.3. The van der Waals surface area contributed by atoms with Gasteiger partial charge < -0.3 is 20.3 Å². The summed E-state index contributed by atoms with van der Waals surface area (Å²) in [4.78, 5) is 13.0. The number of phenolic OH excluding ortho intramolecular Hbond substituents is 1. The minimum atomic E-state index is -0.145. The Morgan fingerprint density at radius 1 is 1.15 bits per heavy atom. The Balaban J connectivity index is 1.71. The quantitative estimate of drug-likeness (QED) is 0.625. The number of benzene rings is 2. The topological polar surface area (TPSA) is 66.3 Å². The van der Waals surface area contributed by atoms with Gasteiger partial charge in [-0.25, -0.2) is 0 Å². The fraction of sp³-hybridized carbons (Fsp3) is 0.227. The monoisotopic (exact) mass is 361 g/mol. The molecule has 0 fully saturated rings. The molecule has 2 heterocycles. The smallest absolute Gasteiger partial charge is 0.258 e. The van der Waals surface area contributed by atoms with E-state index in [0.717, 1.165) is 36.3 Å². The molecule has 0 spiro atoms. The highest BCUT2D eigenvalue weighted by Crippen LogP contribution is 2.31. The van der Waals surface area contributed by atoms with Crippen molar-refractivity contribution in [2.24, 2.45) is 7.05 Å². The Kier molecular flexibility index (Phi) is 4.46. The summed E-state index contributed by atoms with van der Waals surface area (Å²) in [5.41, 5.74) is 6.93. The van der Waals surface area contributed by atoms with Gasteiger partial charge in [0.1, 0.15) is 5.75 Å². The molecule has 1 amide bonds. The Morgan fingerprint density at radius 3 is 2.70 bits per heavy atom. The van der Waals surface area contributed by atoms with Crippen molar-refractivity contribution in [3.63, 3.8) is 0 Å². The molecular formula is C22H23N3O2. The molecule has 0 bridgehead atoms. The SMILES string of the molecule is Cc1c(C(=O)Nc2ccc(O)cc2)c(-c2ccc3c(c2)CCNC3)cn1C. The number of fused-ring (bicyclic) bond motifs is 1. The maximum absolute atomic E-state index is 13.0. The fourth-order valence-electron chi connectivity index (χ4n) is 3.61. The molecule has 1 aliphatic heterocycles. The number of aryl methyl sites for hydroxylation is 1. The lowest BCUT2D eigenvalue weighted by Gasteiger charge is -2.18. The summed E-state index contributed by atoms with van der Waals surface area (Å²) in [6.07, 6.45) is 3.02. The molecule has 1 aliphatic rings. The normalized spacial score (nSPS) is 13.3. The zero-order valence-electron chi connectivity index (χ0n) is 15.5. The molecule has 5 nitrogen and oxygen atoms in total. The number of phenols is 1. The Labute approximate surface area is 158 Å². The molecule has 1 aromatic heterocycles. The van der Waals surface area contributed by atoms with Gasteiger partial charge in [-0.1, -0.05) is 18.2 Å². The van der Waals surface area contributed by atoms with E-state index in [0.29, 0.717) is 11.3 Å². The number of hydrogen-bond donors (Lipinski definition) is 3. The Bertz CT molecular complexity index is 1000. The largest absolute Gasteiger partial charge is 0.508 e. The molecule has 2 aromatic carbocycles. The van der Waals surface area contributed by atoms with E-state index in [4.69, 9.17) is 0 Å². The van der Waals surface area contributed by atoms with Crippen LogP contribution in [0, 0.1) is 6.92 Å². The van der Waals surface area contributed by atoms with Crippen LogP contribution in [-0.2, 0) is 20.0 Å². The van der Waals surface area contributed by atoms with Crippen LogP contribution in [0.15, 0.2) is 48.7 Å². The molecule has 138 valence electrons. The molecule has 3 aromatic rings. The molecule has 3 N–H and O–H groups in total. The number of anilines is 1. The van der Waals surface area contributed by atoms with Crippen LogP contribution < -0.4 is 10.6 Å². The lowest BCUT2D eigenvalue weighted by atomic mass is 9.94. The zero-order chi connectivity index (χ0) is 19.0. The van der Waals surface area contributed by atoms with Gasteiger partial charge in [-0.05, 0) is 60.8 Å². The van der Waals surface area contributed by atoms with Crippen LogP contribution in [0.25, 0.3) is 11.1 Å². The van der Waals surface area contributed by atoms with Gasteiger partial charge in [0.25, 0.3) is 5.91 Å². The molecule has 0 atom stereocenters. The van der Waals surface area contributed by atoms with Crippen molar-refractivity contribution in [2.75, 3.05) is 11.9 Å². The minimum absolute atomic E-state index is 0.145. The molecule has 4 rings (SSSR count). The summed E-state index contributed by atoms with van der Waals surface area (Å²) in [6.45, 7) is 3.84. The van der Waals surface area contributed by atoms with Crippen LogP contribution in [-0.4, -0.2) is 22.1 Å². The number of amides is 1. The predicted molar refractivity (Wildman–Crippen MR) is 107 cm³/mol. The van der Waals surface area contributed by atoms with E-state index in [2.05, 4.69) is 28.8 Å². The number of rotatable bonds is 3. The number of aromatic nitrogens is 1. The highest BCUT2D eigenvalue weighted by Gasteiger charge is 2.21. The molecule has 0 aliphatic carbocycles. The van der Waals surface area contributed by atoms with Gasteiger partial charge in [0.15, 0.2) is 0 Å². The Morgan fingerprint density at radius 2 is 1.93 bits per heavy atom. The number of carbonyl (C=O) groups is 1. The minimum Gasteiger partial charge on any atom is -0.508 e. The summed E-state index contributed by atoms with van der Waals surface area (Å²) >= 11 is 0. The van der Waals surface area contributed by atoms with E-state index in [-0.39, 0.29) is 11.7 Å². The summed E-state index contributed by atoms with van der Waals surface area (Å²) in [6, 6.07) is 13.0. The second-order valence-corrected chi connectivity index (χ2v) is 7.03. The van der Waals surface area contributed by atoms with Crippen molar-refractivity contribution >= 4 is 11.6 Å². The molecule has 5 heteroatoms. The van der Waals surface area contributed by atoms with E-state index >= 15 is 0 Å². The summed E-state index contributed by atoms with van der Waals surface area (Å²) < 4.78 is 1.99. The molecule has 0 saturated carbocycles. The Hall–Kier alpha value is -3.05. The number of carbonyl (C=O) groups excluding carboxylic acids is 1. The molecule has 27 heavy (non-hydrogen) atoms. The lowest BCUT2D eigenvalue weighted by Crippen LogP contribution is -2.23. The maximum atomic E-state index is 13.0. The summed E-state index contributed by atoms with van der Waals surface area (Å²) in [5, 5.41) is 15.8. The van der Waals surface area contributed by atoms with Crippen molar-refractivity contribution in [1.82, 2.24) is 9.88 Å². The van der Waals surface area contributed by atoms with Crippen LogP contribution in [0.5, 0.6) is 5.75 Å². The number of nitrogens with one attached hydrogen (secondary N) is 2. The van der Waals surface area contributed by atoms with Gasteiger partial charge in [0.05, 0.1) is 5.56 Å². The average Bonchev–Trinajstić information content (AvgIpc) is 2.98. The van der Waals surface area contributed by atoms with Gasteiger partial charge >= 0.3 is 0 Å². The summed E-state index contributed by atoms with van der Waals surface area (Å²) in [5.74, 6) is 0.0290. The van der Waals surface area contributed by atoms with Gasteiger partial charge in [-0.2, -0.15) is 0 Å².